The van der Waals surface area contributed by atoms with Crippen LogP contribution in [-0.2, 0) is 4.74 Å². The van der Waals surface area contributed by atoms with Crippen LogP contribution in [0.3, 0.4) is 0 Å². The Labute approximate surface area is 86.8 Å². The van der Waals surface area contributed by atoms with Crippen LogP contribution in [0.5, 0.6) is 0 Å². The normalized spacial score (nSPS) is 39.4. The average Bonchev–Trinajstić information content (AvgIpc) is 2.74. The van der Waals surface area contributed by atoms with E-state index in [-0.39, 0.29) is 0 Å². The summed E-state index contributed by atoms with van der Waals surface area (Å²) in [6, 6.07) is 1.49. The maximum absolute atomic E-state index is 5.22. The van der Waals surface area contributed by atoms with E-state index < -0.39 is 0 Å². The van der Waals surface area contributed by atoms with E-state index in [1.807, 2.05) is 7.11 Å². The fourth-order valence-electron chi connectivity index (χ4n) is 2.76. The van der Waals surface area contributed by atoms with Crippen molar-refractivity contribution in [3.05, 3.63) is 0 Å². The van der Waals surface area contributed by atoms with E-state index in [1.54, 1.807) is 0 Å². The third-order valence-corrected chi connectivity index (χ3v) is 3.56. The van der Waals surface area contributed by atoms with Gasteiger partial charge in [0.05, 0.1) is 6.61 Å². The van der Waals surface area contributed by atoms with Crippen molar-refractivity contribution in [2.45, 2.75) is 31.8 Å². The molecule has 14 heavy (non-hydrogen) atoms. The Bertz CT molecular complexity index is 186. The molecule has 2 aliphatic heterocycles. The van der Waals surface area contributed by atoms with Crippen LogP contribution in [-0.4, -0.2) is 50.3 Å². The Hall–Kier alpha value is -0.120. The van der Waals surface area contributed by atoms with Crippen LogP contribution < -0.4 is 5.32 Å². The summed E-state index contributed by atoms with van der Waals surface area (Å²) in [5.74, 6) is 0.774. The summed E-state index contributed by atoms with van der Waals surface area (Å²) in [5.41, 5.74) is 0. The number of nitrogens with one attached hydrogen (secondary N) is 1. The van der Waals surface area contributed by atoms with Crippen molar-refractivity contribution in [2.75, 3.05) is 33.4 Å². The molecule has 3 atom stereocenters. The Kier molecular flexibility index (Phi) is 3.42. The second-order valence-electron chi connectivity index (χ2n) is 4.80. The molecule has 0 aromatic heterocycles. The molecule has 2 saturated heterocycles. The van der Waals surface area contributed by atoms with Gasteiger partial charge in [-0.2, -0.15) is 0 Å². The van der Waals surface area contributed by atoms with Gasteiger partial charge in [-0.25, -0.2) is 0 Å². The van der Waals surface area contributed by atoms with Crippen molar-refractivity contribution in [1.82, 2.24) is 10.2 Å². The van der Waals surface area contributed by atoms with Crippen LogP contribution >= 0.6 is 0 Å². The first-order chi connectivity index (χ1) is 6.79. The summed E-state index contributed by atoms with van der Waals surface area (Å²) in [6.07, 6.45) is 2.64. The second kappa shape index (κ2) is 4.60. The van der Waals surface area contributed by atoms with E-state index in [0.29, 0.717) is 6.04 Å². The number of ether oxygens (including phenoxy) is 1. The summed E-state index contributed by atoms with van der Waals surface area (Å²) < 4.78 is 5.22. The van der Waals surface area contributed by atoms with Crippen molar-refractivity contribution in [3.63, 3.8) is 0 Å². The predicted molar refractivity (Wildman–Crippen MR) is 57.4 cm³/mol. The molecule has 0 aliphatic carbocycles. The van der Waals surface area contributed by atoms with E-state index in [0.717, 1.165) is 18.6 Å². The van der Waals surface area contributed by atoms with Crippen molar-refractivity contribution in [3.8, 4) is 0 Å². The largest absolute Gasteiger partial charge is 0.384 e. The maximum atomic E-state index is 5.22. The van der Waals surface area contributed by atoms with E-state index in [9.17, 15) is 0 Å². The van der Waals surface area contributed by atoms with Gasteiger partial charge in [-0.15, -0.1) is 0 Å². The Morgan fingerprint density at radius 1 is 1.50 bits per heavy atom. The standard InChI is InChI=1S/C11H22N2O/c1-9-5-11(6-12-9)13-4-3-10(7-13)8-14-2/h9-12H,3-8H2,1-2H3. The van der Waals surface area contributed by atoms with Crippen LogP contribution in [0.1, 0.15) is 19.8 Å². The zero-order valence-electron chi connectivity index (χ0n) is 9.33. The van der Waals surface area contributed by atoms with Gasteiger partial charge < -0.3 is 10.1 Å². The molecule has 0 spiro atoms. The third kappa shape index (κ3) is 2.27. The molecule has 0 saturated carbocycles. The third-order valence-electron chi connectivity index (χ3n) is 3.56. The van der Waals surface area contributed by atoms with Gasteiger partial charge in [0.1, 0.15) is 0 Å². The molecule has 0 bridgehead atoms. The van der Waals surface area contributed by atoms with E-state index in [1.165, 1.54) is 32.5 Å². The van der Waals surface area contributed by atoms with Gasteiger partial charge in [0.25, 0.3) is 0 Å². The first-order valence-electron chi connectivity index (χ1n) is 5.76. The van der Waals surface area contributed by atoms with Gasteiger partial charge in [0, 0.05) is 32.3 Å². The minimum Gasteiger partial charge on any atom is -0.384 e. The summed E-state index contributed by atoms with van der Waals surface area (Å²) >= 11 is 0. The quantitative estimate of drug-likeness (QED) is 0.722. The molecule has 2 aliphatic rings. The van der Waals surface area contributed by atoms with Crippen molar-refractivity contribution < 1.29 is 4.74 Å². The molecule has 0 amide bonds. The molecule has 0 radical (unpaired) electrons. The zero-order valence-corrected chi connectivity index (χ0v) is 9.33. The van der Waals surface area contributed by atoms with E-state index in [2.05, 4.69) is 17.1 Å². The molecule has 0 aromatic carbocycles. The highest BCUT2D eigenvalue weighted by molar-refractivity contribution is 4.89. The highest BCUT2D eigenvalue weighted by Gasteiger charge is 2.31. The number of hydrogen-bond acceptors (Lipinski definition) is 3. The van der Waals surface area contributed by atoms with Crippen molar-refractivity contribution in [1.29, 1.82) is 0 Å². The fourth-order valence-corrected chi connectivity index (χ4v) is 2.76. The Morgan fingerprint density at radius 3 is 3.00 bits per heavy atom. The number of methoxy groups -OCH3 is 1. The van der Waals surface area contributed by atoms with Crippen LogP contribution in [0.2, 0.25) is 0 Å². The molecular weight excluding hydrogens is 176 g/mol. The maximum Gasteiger partial charge on any atom is 0.0503 e. The lowest BCUT2D eigenvalue weighted by Crippen LogP contribution is -2.35. The highest BCUT2D eigenvalue weighted by Crippen LogP contribution is 2.22. The summed E-state index contributed by atoms with van der Waals surface area (Å²) in [6.45, 7) is 6.91. The molecule has 3 nitrogen and oxygen atoms in total. The van der Waals surface area contributed by atoms with Gasteiger partial charge >= 0.3 is 0 Å². The zero-order chi connectivity index (χ0) is 9.97. The summed E-state index contributed by atoms with van der Waals surface area (Å²) in [7, 11) is 1.81. The van der Waals surface area contributed by atoms with Gasteiger partial charge in [0.2, 0.25) is 0 Å². The van der Waals surface area contributed by atoms with Crippen molar-refractivity contribution >= 4 is 0 Å². The molecule has 3 heteroatoms. The first-order valence-corrected chi connectivity index (χ1v) is 5.76. The van der Waals surface area contributed by atoms with Gasteiger partial charge in [0.15, 0.2) is 0 Å². The van der Waals surface area contributed by atoms with Crippen LogP contribution in [0.15, 0.2) is 0 Å². The lowest BCUT2D eigenvalue weighted by Gasteiger charge is -2.23. The van der Waals surface area contributed by atoms with Crippen LogP contribution in [0, 0.1) is 5.92 Å². The van der Waals surface area contributed by atoms with E-state index in [4.69, 9.17) is 4.74 Å². The molecule has 2 fully saturated rings. The topological polar surface area (TPSA) is 24.5 Å². The molecule has 2 heterocycles. The Morgan fingerprint density at radius 2 is 2.36 bits per heavy atom. The minimum absolute atomic E-state index is 0.710. The lowest BCUT2D eigenvalue weighted by molar-refractivity contribution is 0.148. The minimum atomic E-state index is 0.710. The Balaban J connectivity index is 1.78. The lowest BCUT2D eigenvalue weighted by atomic mass is 10.1. The highest BCUT2D eigenvalue weighted by atomic mass is 16.5. The monoisotopic (exact) mass is 198 g/mol. The number of rotatable bonds is 3. The molecule has 1 N–H and O–H groups in total. The number of nitrogens with zero attached hydrogens (tertiary/aromatic N) is 1. The summed E-state index contributed by atoms with van der Waals surface area (Å²) in [4.78, 5) is 2.64. The fraction of sp³-hybridized carbons (Fsp3) is 1.00. The van der Waals surface area contributed by atoms with Crippen LogP contribution in [0.4, 0.5) is 0 Å². The first kappa shape index (κ1) is 10.4. The molecule has 82 valence electrons. The molecule has 3 unspecified atom stereocenters. The number of hydrogen-bond donors (Lipinski definition) is 1. The van der Waals surface area contributed by atoms with Gasteiger partial charge in [-0.05, 0) is 32.2 Å². The molecular formula is C11H22N2O. The number of likely N-dealkylation sites (tertiary alicyclic amines) is 1. The summed E-state index contributed by atoms with van der Waals surface area (Å²) in [5, 5.41) is 3.52. The average molecular weight is 198 g/mol. The molecule has 2 rings (SSSR count). The van der Waals surface area contributed by atoms with Gasteiger partial charge in [-0.1, -0.05) is 0 Å². The second-order valence-corrected chi connectivity index (χ2v) is 4.80. The smallest absolute Gasteiger partial charge is 0.0503 e. The predicted octanol–water partition coefficient (Wildman–Crippen LogP) is 0.705. The van der Waals surface area contributed by atoms with Crippen molar-refractivity contribution in [2.24, 2.45) is 5.92 Å². The van der Waals surface area contributed by atoms with E-state index >= 15 is 0 Å². The SMILES string of the molecule is COCC1CCN(C2CNC(C)C2)C1. The molecule has 0 aromatic rings. The van der Waals surface area contributed by atoms with Crippen LogP contribution in [0.25, 0.3) is 0 Å². The van der Waals surface area contributed by atoms with Gasteiger partial charge in [-0.3, -0.25) is 4.90 Å².